The van der Waals surface area contributed by atoms with E-state index in [1.807, 2.05) is 84.1 Å². The standard InChI is InChI=1S/C45H26N4OS/c1-3-12-27(13-4-1)43-46-44(28-14-5-2-6-15-28)48-45(47-43)32-18-11-21-38-42(32)35-26-41-34(25-39(35)50-38)33-24-29(22-23-40(33)51-41)49-36-19-9-7-16-30(36)31-17-8-10-20-37(31)49/h1-26H. The molecule has 0 aliphatic heterocycles. The topological polar surface area (TPSA) is 56.7 Å². The summed E-state index contributed by atoms with van der Waals surface area (Å²) in [6, 6.07) is 54.9. The molecule has 0 amide bonds. The van der Waals surface area contributed by atoms with Crippen molar-refractivity contribution in [2.45, 2.75) is 0 Å². The Kier molecular flexibility index (Phi) is 6.05. The Balaban J connectivity index is 1.12. The number of aromatic nitrogens is 4. The Morgan fingerprint density at radius 1 is 0.431 bits per heavy atom. The van der Waals surface area contributed by atoms with Crippen LogP contribution in [0.4, 0.5) is 0 Å². The second-order valence-electron chi connectivity index (χ2n) is 12.8. The minimum absolute atomic E-state index is 0.614. The maximum atomic E-state index is 6.62. The molecule has 0 aliphatic carbocycles. The average Bonchev–Trinajstić information content (AvgIpc) is 3.86. The van der Waals surface area contributed by atoms with E-state index in [0.29, 0.717) is 17.5 Å². The van der Waals surface area contributed by atoms with Gasteiger partial charge in [0.25, 0.3) is 0 Å². The van der Waals surface area contributed by atoms with E-state index in [0.717, 1.165) is 44.3 Å². The van der Waals surface area contributed by atoms with Gasteiger partial charge in [0.15, 0.2) is 17.5 Å². The lowest BCUT2D eigenvalue weighted by molar-refractivity contribution is 0.669. The van der Waals surface area contributed by atoms with E-state index in [4.69, 9.17) is 19.4 Å². The van der Waals surface area contributed by atoms with Crippen LogP contribution >= 0.6 is 11.3 Å². The van der Waals surface area contributed by atoms with E-state index in [9.17, 15) is 0 Å². The second kappa shape index (κ2) is 10.9. The van der Waals surface area contributed by atoms with Crippen molar-refractivity contribution in [2.24, 2.45) is 0 Å². The van der Waals surface area contributed by atoms with Gasteiger partial charge in [-0.3, -0.25) is 0 Å². The predicted molar refractivity (Wildman–Crippen MR) is 211 cm³/mol. The van der Waals surface area contributed by atoms with Crippen molar-refractivity contribution in [2.75, 3.05) is 0 Å². The SMILES string of the molecule is c1ccc(-c2nc(-c3ccccc3)nc(-c3cccc4oc5cc6c(cc5c34)sc3ccc(-n4c5ccccc5c5ccccc54)cc36)n2)cc1. The van der Waals surface area contributed by atoms with Gasteiger partial charge in [0, 0.05) is 64.1 Å². The molecule has 4 aromatic heterocycles. The van der Waals surface area contributed by atoms with Crippen LogP contribution in [0.15, 0.2) is 162 Å². The lowest BCUT2D eigenvalue weighted by Crippen LogP contribution is -2.00. The number of fused-ring (bicyclic) bond motifs is 9. The van der Waals surface area contributed by atoms with Gasteiger partial charge in [-0.1, -0.05) is 109 Å². The fraction of sp³-hybridized carbons (Fsp3) is 0. The first-order valence-corrected chi connectivity index (χ1v) is 17.8. The van der Waals surface area contributed by atoms with Gasteiger partial charge in [-0.05, 0) is 48.5 Å². The van der Waals surface area contributed by atoms with Crippen molar-refractivity contribution in [1.29, 1.82) is 0 Å². The summed E-state index contributed by atoms with van der Waals surface area (Å²) in [4.78, 5) is 15.0. The van der Waals surface area contributed by atoms with Crippen molar-refractivity contribution in [1.82, 2.24) is 19.5 Å². The number of furan rings is 1. The van der Waals surface area contributed by atoms with Gasteiger partial charge in [0.2, 0.25) is 0 Å². The normalized spacial score (nSPS) is 11.9. The van der Waals surface area contributed by atoms with Crippen LogP contribution in [0.1, 0.15) is 0 Å². The number of hydrogen-bond acceptors (Lipinski definition) is 5. The fourth-order valence-electron chi connectivity index (χ4n) is 7.54. The molecule has 0 spiro atoms. The Morgan fingerprint density at radius 2 is 1.04 bits per heavy atom. The van der Waals surface area contributed by atoms with Crippen LogP contribution in [0.25, 0.3) is 104 Å². The summed E-state index contributed by atoms with van der Waals surface area (Å²) in [5.74, 6) is 1.88. The number of benzene rings is 7. The molecule has 0 saturated carbocycles. The molecule has 0 saturated heterocycles. The highest BCUT2D eigenvalue weighted by Gasteiger charge is 2.20. The fourth-order valence-corrected chi connectivity index (χ4v) is 8.65. The first-order chi connectivity index (χ1) is 25.3. The molecule has 5 nitrogen and oxygen atoms in total. The Bertz CT molecular complexity index is 3030. The van der Waals surface area contributed by atoms with E-state index in [1.165, 1.54) is 42.0 Å². The zero-order chi connectivity index (χ0) is 33.5. The Labute approximate surface area is 295 Å². The lowest BCUT2D eigenvalue weighted by atomic mass is 10.0. The third-order valence-corrected chi connectivity index (χ3v) is 11.0. The summed E-state index contributed by atoms with van der Waals surface area (Å²) >= 11 is 1.81. The second-order valence-corrected chi connectivity index (χ2v) is 13.9. The van der Waals surface area contributed by atoms with Gasteiger partial charge < -0.3 is 8.98 Å². The van der Waals surface area contributed by atoms with Crippen molar-refractivity contribution in [3.05, 3.63) is 158 Å². The summed E-state index contributed by atoms with van der Waals surface area (Å²) in [7, 11) is 0. The Hall–Kier alpha value is -6.63. The average molecular weight is 671 g/mol. The first kappa shape index (κ1) is 28.2. The van der Waals surface area contributed by atoms with Crippen LogP contribution in [0, 0.1) is 0 Å². The zero-order valence-electron chi connectivity index (χ0n) is 27.1. The highest BCUT2D eigenvalue weighted by atomic mass is 32.1. The first-order valence-electron chi connectivity index (χ1n) is 16.9. The molecule has 11 rings (SSSR count). The van der Waals surface area contributed by atoms with E-state index >= 15 is 0 Å². The molecule has 6 heteroatoms. The van der Waals surface area contributed by atoms with E-state index < -0.39 is 0 Å². The molecular formula is C45H26N4OS. The van der Waals surface area contributed by atoms with Gasteiger partial charge >= 0.3 is 0 Å². The predicted octanol–water partition coefficient (Wildman–Crippen LogP) is 12.2. The molecule has 11 aromatic rings. The number of thiophene rings is 1. The largest absolute Gasteiger partial charge is 0.456 e. The quantitative estimate of drug-likeness (QED) is 0.187. The Morgan fingerprint density at radius 3 is 1.73 bits per heavy atom. The molecule has 4 heterocycles. The van der Waals surface area contributed by atoms with Crippen LogP contribution in [-0.2, 0) is 0 Å². The molecule has 51 heavy (non-hydrogen) atoms. The van der Waals surface area contributed by atoms with Crippen LogP contribution in [0.3, 0.4) is 0 Å². The molecule has 238 valence electrons. The van der Waals surface area contributed by atoms with Crippen molar-refractivity contribution in [3.8, 4) is 39.9 Å². The van der Waals surface area contributed by atoms with Crippen molar-refractivity contribution in [3.63, 3.8) is 0 Å². The molecule has 7 aromatic carbocycles. The molecule has 0 radical (unpaired) electrons. The van der Waals surface area contributed by atoms with Crippen molar-refractivity contribution < 1.29 is 4.42 Å². The summed E-state index contributed by atoms with van der Waals surface area (Å²) in [6.07, 6.45) is 0. The molecule has 0 fully saturated rings. The summed E-state index contributed by atoms with van der Waals surface area (Å²) in [6.45, 7) is 0. The number of para-hydroxylation sites is 2. The molecule has 0 aliphatic rings. The molecular weight excluding hydrogens is 645 g/mol. The highest BCUT2D eigenvalue weighted by Crippen LogP contribution is 2.43. The maximum Gasteiger partial charge on any atom is 0.164 e. The highest BCUT2D eigenvalue weighted by molar-refractivity contribution is 7.25. The maximum absolute atomic E-state index is 6.62. The van der Waals surface area contributed by atoms with Gasteiger partial charge in [0.05, 0.1) is 11.0 Å². The smallest absolute Gasteiger partial charge is 0.164 e. The van der Waals surface area contributed by atoms with E-state index in [1.54, 1.807) is 0 Å². The van der Waals surface area contributed by atoms with Crippen LogP contribution in [0.2, 0.25) is 0 Å². The number of hydrogen-bond donors (Lipinski definition) is 0. The molecule has 0 atom stereocenters. The third kappa shape index (κ3) is 4.37. The van der Waals surface area contributed by atoms with Gasteiger partial charge in [-0.15, -0.1) is 11.3 Å². The summed E-state index contributed by atoms with van der Waals surface area (Å²) < 4.78 is 11.4. The van der Waals surface area contributed by atoms with Crippen LogP contribution < -0.4 is 0 Å². The minimum Gasteiger partial charge on any atom is -0.456 e. The van der Waals surface area contributed by atoms with Crippen LogP contribution in [0.5, 0.6) is 0 Å². The minimum atomic E-state index is 0.614. The van der Waals surface area contributed by atoms with Crippen molar-refractivity contribution >= 4 is 75.3 Å². The lowest BCUT2D eigenvalue weighted by Gasteiger charge is -2.09. The summed E-state index contributed by atoms with van der Waals surface area (Å²) in [5, 5.41) is 6.96. The van der Waals surface area contributed by atoms with E-state index in [2.05, 4.69) is 89.5 Å². The van der Waals surface area contributed by atoms with Gasteiger partial charge in [-0.25, -0.2) is 15.0 Å². The van der Waals surface area contributed by atoms with Crippen LogP contribution in [-0.4, -0.2) is 19.5 Å². The monoisotopic (exact) mass is 670 g/mol. The zero-order valence-corrected chi connectivity index (χ0v) is 27.9. The molecule has 0 N–H and O–H groups in total. The molecule has 0 bridgehead atoms. The van der Waals surface area contributed by atoms with E-state index in [-0.39, 0.29) is 0 Å². The third-order valence-electron chi connectivity index (χ3n) is 9.85. The molecule has 0 unspecified atom stereocenters. The van der Waals surface area contributed by atoms with Gasteiger partial charge in [-0.2, -0.15) is 0 Å². The van der Waals surface area contributed by atoms with Gasteiger partial charge in [0.1, 0.15) is 11.2 Å². The number of rotatable bonds is 4. The number of nitrogens with zero attached hydrogens (tertiary/aromatic N) is 4. The summed E-state index contributed by atoms with van der Waals surface area (Å²) in [5.41, 5.74) is 7.99.